The largest absolute Gasteiger partial charge is 0.363 e. The fraction of sp³-hybridized carbons (Fsp3) is 0.0833. The lowest BCUT2D eigenvalue weighted by atomic mass is 9.91. The van der Waals surface area contributed by atoms with Crippen LogP contribution in [-0.4, -0.2) is 49.5 Å². The van der Waals surface area contributed by atoms with E-state index >= 15 is 0 Å². The minimum Gasteiger partial charge on any atom is -0.363 e. The third-order valence-corrected chi connectivity index (χ3v) is 5.11. The molecule has 0 radical (unpaired) electrons. The Balaban J connectivity index is 1.90. The van der Waals surface area contributed by atoms with Crippen molar-refractivity contribution >= 4 is 54.1 Å². The van der Waals surface area contributed by atoms with Crippen molar-refractivity contribution in [3.8, 4) is 12.3 Å². The Hall–Kier alpha value is -4.16. The predicted octanol–water partition coefficient (Wildman–Crippen LogP) is 2.51. The minimum absolute atomic E-state index is 0.0765. The van der Waals surface area contributed by atoms with Gasteiger partial charge in [-0.3, -0.25) is 15.0 Å². The zero-order valence-corrected chi connectivity index (χ0v) is 19.4. The van der Waals surface area contributed by atoms with Crippen LogP contribution in [0.3, 0.4) is 0 Å². The van der Waals surface area contributed by atoms with Crippen molar-refractivity contribution in [2.75, 3.05) is 24.7 Å². The zero-order chi connectivity index (χ0) is 25.0. The number of hydrogen-bond acceptors (Lipinski definition) is 4. The molecule has 0 saturated carbocycles. The Morgan fingerprint density at radius 1 is 1.12 bits per heavy atom. The van der Waals surface area contributed by atoms with E-state index in [2.05, 4.69) is 21.5 Å². The number of aromatic nitrogens is 1. The lowest BCUT2D eigenvalue weighted by Gasteiger charge is -2.16. The third kappa shape index (κ3) is 5.42. The van der Waals surface area contributed by atoms with Crippen LogP contribution >= 0.6 is 11.6 Å². The van der Waals surface area contributed by atoms with Gasteiger partial charge in [-0.25, -0.2) is 9.37 Å². The van der Waals surface area contributed by atoms with E-state index in [4.69, 9.17) is 23.4 Å². The van der Waals surface area contributed by atoms with Gasteiger partial charge in [0.1, 0.15) is 25.3 Å². The summed E-state index contributed by atoms with van der Waals surface area (Å²) in [5, 5.41) is 13.5. The van der Waals surface area contributed by atoms with Crippen molar-refractivity contribution in [3.05, 3.63) is 81.8 Å². The summed E-state index contributed by atoms with van der Waals surface area (Å²) < 4.78 is 14.7. The maximum absolute atomic E-state index is 14.7. The number of pyridine rings is 1. The number of amidine groups is 1. The van der Waals surface area contributed by atoms with Crippen LogP contribution in [0.1, 0.15) is 31.8 Å². The second-order valence-corrected chi connectivity index (χ2v) is 8.00. The van der Waals surface area contributed by atoms with Gasteiger partial charge in [-0.15, -0.1) is 6.42 Å². The van der Waals surface area contributed by atoms with Crippen LogP contribution in [0.25, 0.3) is 0 Å². The van der Waals surface area contributed by atoms with Gasteiger partial charge < -0.3 is 15.5 Å². The second-order valence-electron chi connectivity index (χ2n) is 7.57. The summed E-state index contributed by atoms with van der Waals surface area (Å²) in [6, 6.07) is 10.0. The van der Waals surface area contributed by atoms with Gasteiger partial charge >= 0.3 is 0 Å². The summed E-state index contributed by atoms with van der Waals surface area (Å²) in [5.74, 6) is 0.668. The van der Waals surface area contributed by atoms with Gasteiger partial charge in [0.25, 0.3) is 11.8 Å². The smallest absolute Gasteiger partial charge is 0.258 e. The number of rotatable bonds is 5. The number of carbonyl (C=O) groups is 2. The Morgan fingerprint density at radius 2 is 1.82 bits per heavy atom. The molecule has 170 valence electrons. The van der Waals surface area contributed by atoms with E-state index in [9.17, 15) is 14.0 Å². The molecule has 2 amide bonds. The monoisotopic (exact) mass is 475 g/mol. The summed E-state index contributed by atoms with van der Waals surface area (Å²) in [6.45, 7) is 0. The Labute approximate surface area is 202 Å². The van der Waals surface area contributed by atoms with E-state index in [1.165, 1.54) is 29.3 Å². The first kappa shape index (κ1) is 24.5. The lowest BCUT2D eigenvalue weighted by Crippen LogP contribution is -2.25. The van der Waals surface area contributed by atoms with Gasteiger partial charge in [0.15, 0.2) is 0 Å². The molecule has 0 spiro atoms. The van der Waals surface area contributed by atoms with Crippen molar-refractivity contribution in [1.82, 2.24) is 9.88 Å². The van der Waals surface area contributed by atoms with Crippen LogP contribution in [-0.2, 0) is 0 Å². The van der Waals surface area contributed by atoms with Gasteiger partial charge in [-0.2, -0.15) is 0 Å². The van der Waals surface area contributed by atoms with Crippen LogP contribution < -0.4 is 16.1 Å². The Bertz CT molecular complexity index is 1340. The summed E-state index contributed by atoms with van der Waals surface area (Å²) in [4.78, 5) is 31.4. The van der Waals surface area contributed by atoms with Crippen molar-refractivity contribution in [2.24, 2.45) is 0 Å². The molecule has 0 aliphatic rings. The molecule has 0 bridgehead atoms. The molecule has 34 heavy (non-hydrogen) atoms. The van der Waals surface area contributed by atoms with Crippen LogP contribution in [0.2, 0.25) is 5.02 Å². The van der Waals surface area contributed by atoms with Crippen LogP contribution in [0.15, 0.2) is 48.7 Å². The van der Waals surface area contributed by atoms with Crippen LogP contribution in [0, 0.1) is 23.6 Å². The van der Waals surface area contributed by atoms with Gasteiger partial charge in [0.05, 0.1) is 11.1 Å². The zero-order valence-electron chi connectivity index (χ0n) is 18.7. The SMILES string of the molecule is Bc1cc(Cl)cc(C(=O)Nc2ccc(C#C)cn2)c1NC(=O)c1ccc(C(=N)N(C)C)cc1F. The van der Waals surface area contributed by atoms with Crippen molar-refractivity contribution in [1.29, 1.82) is 5.41 Å². The van der Waals surface area contributed by atoms with E-state index in [-0.39, 0.29) is 33.5 Å². The maximum Gasteiger partial charge on any atom is 0.258 e. The number of halogens is 2. The summed E-state index contributed by atoms with van der Waals surface area (Å²) >= 11 is 6.15. The Kier molecular flexibility index (Phi) is 7.34. The second kappa shape index (κ2) is 10.2. The number of carbonyl (C=O) groups excluding carboxylic acids is 2. The molecule has 0 aliphatic heterocycles. The number of anilines is 2. The molecule has 0 atom stereocenters. The highest BCUT2D eigenvalue weighted by atomic mass is 35.5. The minimum atomic E-state index is -0.794. The predicted molar refractivity (Wildman–Crippen MR) is 135 cm³/mol. The van der Waals surface area contributed by atoms with E-state index in [0.29, 0.717) is 16.6 Å². The molecule has 1 heterocycles. The molecule has 0 unspecified atom stereocenters. The molecule has 10 heteroatoms. The molecule has 7 nitrogen and oxygen atoms in total. The molecule has 2 aromatic carbocycles. The summed E-state index contributed by atoms with van der Waals surface area (Å²) in [7, 11) is 4.99. The fourth-order valence-corrected chi connectivity index (χ4v) is 3.38. The fourth-order valence-electron chi connectivity index (χ4n) is 3.11. The number of terminal acetylenes is 1. The summed E-state index contributed by atoms with van der Waals surface area (Å²) in [6.07, 6.45) is 6.75. The molecule has 1 aromatic heterocycles. The first-order valence-corrected chi connectivity index (χ1v) is 10.4. The lowest BCUT2D eigenvalue weighted by molar-refractivity contribution is 0.102. The van der Waals surface area contributed by atoms with Crippen LogP contribution in [0.4, 0.5) is 15.9 Å². The number of hydrogen-bond donors (Lipinski definition) is 3. The van der Waals surface area contributed by atoms with Gasteiger partial charge in [-0.1, -0.05) is 29.1 Å². The van der Waals surface area contributed by atoms with Crippen molar-refractivity contribution in [2.45, 2.75) is 0 Å². The normalized spacial score (nSPS) is 10.2. The molecule has 3 N–H and O–H groups in total. The quantitative estimate of drug-likeness (QED) is 0.229. The highest BCUT2D eigenvalue weighted by Crippen LogP contribution is 2.22. The highest BCUT2D eigenvalue weighted by molar-refractivity contribution is 6.41. The Morgan fingerprint density at radius 3 is 2.41 bits per heavy atom. The van der Waals surface area contributed by atoms with E-state index in [1.54, 1.807) is 40.1 Å². The molecule has 3 rings (SSSR count). The highest BCUT2D eigenvalue weighted by Gasteiger charge is 2.20. The van der Waals surface area contributed by atoms with Gasteiger partial charge in [0, 0.05) is 42.1 Å². The molecule has 0 saturated heterocycles. The van der Waals surface area contributed by atoms with E-state index in [0.717, 1.165) is 6.07 Å². The van der Waals surface area contributed by atoms with Crippen LogP contribution in [0.5, 0.6) is 0 Å². The molecular formula is C24H20BClFN5O2. The van der Waals surface area contributed by atoms with Gasteiger partial charge in [-0.05, 0) is 36.4 Å². The first-order chi connectivity index (χ1) is 16.1. The summed E-state index contributed by atoms with van der Waals surface area (Å²) in [5.41, 5.74) is 1.41. The number of nitrogens with one attached hydrogen (secondary N) is 3. The molecule has 0 aliphatic carbocycles. The maximum atomic E-state index is 14.7. The number of amides is 2. The average molecular weight is 476 g/mol. The molecule has 0 fully saturated rings. The average Bonchev–Trinajstić information content (AvgIpc) is 2.80. The third-order valence-electron chi connectivity index (χ3n) is 4.89. The van der Waals surface area contributed by atoms with E-state index < -0.39 is 17.6 Å². The number of benzene rings is 2. The standard InChI is InChI=1S/C24H20BClFN5O2/c1-4-13-5-8-20(29-12-13)30-24(34)17-10-15(26)11-18(25)21(17)31-23(33)16-7-6-14(9-19(16)27)22(28)32(2)3/h1,5-12,28H,25H2,2-3H3,(H,31,33)(H,29,30,34). The molecular weight excluding hydrogens is 456 g/mol. The van der Waals surface area contributed by atoms with Crippen molar-refractivity contribution < 1.29 is 14.0 Å². The molecule has 3 aromatic rings. The van der Waals surface area contributed by atoms with E-state index in [1.807, 2.05) is 0 Å². The van der Waals surface area contributed by atoms with Crippen molar-refractivity contribution in [3.63, 3.8) is 0 Å². The topological polar surface area (TPSA) is 98.2 Å². The first-order valence-electron chi connectivity index (χ1n) is 10.0. The number of nitrogens with zero attached hydrogens (tertiary/aromatic N) is 2. The van der Waals surface area contributed by atoms with Gasteiger partial charge in [0.2, 0.25) is 0 Å².